The topological polar surface area (TPSA) is 61.4 Å². The van der Waals surface area contributed by atoms with E-state index in [1.54, 1.807) is 0 Å². The van der Waals surface area contributed by atoms with Crippen molar-refractivity contribution < 1.29 is 9.90 Å². The van der Waals surface area contributed by atoms with Gasteiger partial charge in [0.1, 0.15) is 0 Å². The third-order valence-electron chi connectivity index (χ3n) is 5.48. The number of hydrogen-bond donors (Lipinski definition) is 3. The van der Waals surface area contributed by atoms with Crippen LogP contribution in [0.1, 0.15) is 46.0 Å². The van der Waals surface area contributed by atoms with Gasteiger partial charge in [-0.05, 0) is 56.5 Å². The number of rotatable bonds is 5. The van der Waals surface area contributed by atoms with Crippen LogP contribution in [-0.4, -0.2) is 37.3 Å². The molecule has 2 fully saturated rings. The zero-order valence-corrected chi connectivity index (χ0v) is 13.0. The van der Waals surface area contributed by atoms with E-state index in [9.17, 15) is 9.90 Å². The highest BCUT2D eigenvalue weighted by molar-refractivity contribution is 5.82. The van der Waals surface area contributed by atoms with Gasteiger partial charge in [-0.15, -0.1) is 0 Å². The highest BCUT2D eigenvalue weighted by Gasteiger charge is 2.37. The molecule has 1 amide bonds. The molecule has 1 saturated carbocycles. The van der Waals surface area contributed by atoms with Crippen LogP contribution in [0.3, 0.4) is 0 Å². The van der Waals surface area contributed by atoms with E-state index in [0.29, 0.717) is 17.8 Å². The molecule has 0 spiro atoms. The summed E-state index contributed by atoms with van der Waals surface area (Å²) < 4.78 is 0. The van der Waals surface area contributed by atoms with Crippen LogP contribution in [0, 0.1) is 23.2 Å². The van der Waals surface area contributed by atoms with E-state index in [4.69, 9.17) is 0 Å². The maximum Gasteiger partial charge on any atom is 0.225 e. The highest BCUT2D eigenvalue weighted by atomic mass is 16.3. The Morgan fingerprint density at radius 2 is 2.00 bits per heavy atom. The molecule has 1 heterocycles. The Labute approximate surface area is 122 Å². The molecule has 0 aromatic heterocycles. The lowest BCUT2D eigenvalue weighted by atomic mass is 9.74. The molecule has 0 aromatic rings. The second-order valence-electron chi connectivity index (χ2n) is 7.11. The molecule has 4 nitrogen and oxygen atoms in total. The number of amides is 1. The Hall–Kier alpha value is -0.610. The van der Waals surface area contributed by atoms with Crippen molar-refractivity contribution in [1.82, 2.24) is 10.6 Å². The molecule has 3 unspecified atom stereocenters. The molecule has 1 aliphatic heterocycles. The van der Waals surface area contributed by atoms with Gasteiger partial charge in [-0.1, -0.05) is 20.3 Å². The number of aliphatic hydroxyl groups is 1. The average Bonchev–Trinajstić information content (AvgIpc) is 2.93. The van der Waals surface area contributed by atoms with Crippen molar-refractivity contribution in [2.24, 2.45) is 23.2 Å². The molecule has 0 aromatic carbocycles. The van der Waals surface area contributed by atoms with Crippen molar-refractivity contribution in [2.45, 2.75) is 46.0 Å². The maximum atomic E-state index is 12.5. The van der Waals surface area contributed by atoms with Crippen LogP contribution in [0.4, 0.5) is 0 Å². The number of carbonyl (C=O) groups is 1. The molecule has 0 radical (unpaired) electrons. The molecular weight excluding hydrogens is 252 g/mol. The van der Waals surface area contributed by atoms with Gasteiger partial charge in [0, 0.05) is 18.6 Å². The Morgan fingerprint density at radius 3 is 2.65 bits per heavy atom. The maximum absolute atomic E-state index is 12.5. The van der Waals surface area contributed by atoms with Crippen molar-refractivity contribution in [3.05, 3.63) is 0 Å². The van der Waals surface area contributed by atoms with Gasteiger partial charge < -0.3 is 15.7 Å². The summed E-state index contributed by atoms with van der Waals surface area (Å²) in [6.45, 7) is 7.15. The van der Waals surface area contributed by atoms with E-state index in [1.165, 1.54) is 6.42 Å². The highest BCUT2D eigenvalue weighted by Crippen LogP contribution is 2.33. The monoisotopic (exact) mass is 282 g/mol. The van der Waals surface area contributed by atoms with E-state index >= 15 is 0 Å². The van der Waals surface area contributed by atoms with Crippen LogP contribution in [0.5, 0.6) is 0 Å². The van der Waals surface area contributed by atoms with Gasteiger partial charge in [-0.25, -0.2) is 0 Å². The number of nitrogens with one attached hydrogen (secondary N) is 2. The molecule has 1 saturated heterocycles. The summed E-state index contributed by atoms with van der Waals surface area (Å²) in [5, 5.41) is 15.9. The van der Waals surface area contributed by atoms with Crippen LogP contribution in [0.15, 0.2) is 0 Å². The van der Waals surface area contributed by atoms with Gasteiger partial charge in [-0.3, -0.25) is 4.79 Å². The minimum atomic E-state index is -0.305. The lowest BCUT2D eigenvalue weighted by Crippen LogP contribution is -2.48. The fourth-order valence-corrected chi connectivity index (χ4v) is 3.73. The van der Waals surface area contributed by atoms with Crippen LogP contribution >= 0.6 is 0 Å². The summed E-state index contributed by atoms with van der Waals surface area (Å²) in [4.78, 5) is 12.5. The molecule has 1 aliphatic carbocycles. The number of hydrogen-bond acceptors (Lipinski definition) is 3. The average molecular weight is 282 g/mol. The number of piperidine rings is 1. The van der Waals surface area contributed by atoms with Crippen molar-refractivity contribution in [3.63, 3.8) is 0 Å². The summed E-state index contributed by atoms with van der Waals surface area (Å²) >= 11 is 0. The van der Waals surface area contributed by atoms with Crippen molar-refractivity contribution in [2.75, 3.05) is 26.2 Å². The Balaban J connectivity index is 1.83. The predicted molar refractivity (Wildman–Crippen MR) is 80.3 cm³/mol. The molecule has 3 atom stereocenters. The first-order valence-electron chi connectivity index (χ1n) is 8.15. The van der Waals surface area contributed by atoms with Gasteiger partial charge in [-0.2, -0.15) is 0 Å². The molecule has 2 rings (SSSR count). The van der Waals surface area contributed by atoms with Gasteiger partial charge in [0.15, 0.2) is 0 Å². The Bertz CT molecular complexity index is 324. The van der Waals surface area contributed by atoms with Crippen molar-refractivity contribution >= 4 is 5.91 Å². The first kappa shape index (κ1) is 15.8. The lowest BCUT2D eigenvalue weighted by molar-refractivity contribution is -0.132. The van der Waals surface area contributed by atoms with Gasteiger partial charge in [0.2, 0.25) is 5.91 Å². The van der Waals surface area contributed by atoms with Gasteiger partial charge >= 0.3 is 0 Å². The largest absolute Gasteiger partial charge is 0.396 e. The SMILES string of the molecule is CC(C)(C(=O)NCC1CCCC1CO)C1CCCNC1. The summed E-state index contributed by atoms with van der Waals surface area (Å²) in [5.41, 5.74) is -0.305. The molecule has 20 heavy (non-hydrogen) atoms. The smallest absolute Gasteiger partial charge is 0.225 e. The molecule has 0 bridgehead atoms. The summed E-state index contributed by atoms with van der Waals surface area (Å²) in [6.07, 6.45) is 5.72. The fourth-order valence-electron chi connectivity index (χ4n) is 3.73. The number of aliphatic hydroxyl groups excluding tert-OH is 1. The normalized spacial score (nSPS) is 31.2. The lowest BCUT2D eigenvalue weighted by Gasteiger charge is -2.36. The van der Waals surface area contributed by atoms with Crippen LogP contribution < -0.4 is 10.6 Å². The minimum Gasteiger partial charge on any atom is -0.396 e. The van der Waals surface area contributed by atoms with E-state index in [-0.39, 0.29) is 17.9 Å². The molecule has 3 N–H and O–H groups in total. The molecule has 4 heteroatoms. The van der Waals surface area contributed by atoms with Gasteiger partial charge in [0.05, 0.1) is 0 Å². The quantitative estimate of drug-likeness (QED) is 0.717. The first-order chi connectivity index (χ1) is 9.55. The Morgan fingerprint density at radius 1 is 1.25 bits per heavy atom. The van der Waals surface area contributed by atoms with E-state index in [0.717, 1.165) is 45.3 Å². The van der Waals surface area contributed by atoms with Crippen molar-refractivity contribution in [1.29, 1.82) is 0 Å². The van der Waals surface area contributed by atoms with E-state index in [2.05, 4.69) is 24.5 Å². The Kier molecular flexibility index (Phi) is 5.44. The predicted octanol–water partition coefficient (Wildman–Crippen LogP) is 1.54. The zero-order chi connectivity index (χ0) is 14.6. The third kappa shape index (κ3) is 3.53. The summed E-state index contributed by atoms with van der Waals surface area (Å²) in [6, 6.07) is 0. The second kappa shape index (κ2) is 6.90. The first-order valence-corrected chi connectivity index (χ1v) is 8.15. The standard InChI is InChI=1S/C16H30N2O2/c1-16(2,14-7-4-8-17-10-14)15(20)18-9-12-5-3-6-13(12)11-19/h12-14,17,19H,3-11H2,1-2H3,(H,18,20). The molecule has 2 aliphatic rings. The molecule has 116 valence electrons. The van der Waals surface area contributed by atoms with Crippen molar-refractivity contribution in [3.8, 4) is 0 Å². The minimum absolute atomic E-state index is 0.176. The van der Waals surface area contributed by atoms with Gasteiger partial charge in [0.25, 0.3) is 0 Å². The summed E-state index contributed by atoms with van der Waals surface area (Å²) in [5.74, 6) is 1.45. The van der Waals surface area contributed by atoms with E-state index < -0.39 is 0 Å². The number of carbonyl (C=O) groups excluding carboxylic acids is 1. The third-order valence-corrected chi connectivity index (χ3v) is 5.48. The van der Waals surface area contributed by atoms with Crippen LogP contribution in [0.25, 0.3) is 0 Å². The summed E-state index contributed by atoms with van der Waals surface area (Å²) in [7, 11) is 0. The molecular formula is C16H30N2O2. The second-order valence-corrected chi connectivity index (χ2v) is 7.11. The fraction of sp³-hybridized carbons (Fsp3) is 0.938. The van der Waals surface area contributed by atoms with Crippen LogP contribution in [0.2, 0.25) is 0 Å². The van der Waals surface area contributed by atoms with E-state index in [1.807, 2.05) is 0 Å². The van der Waals surface area contributed by atoms with Crippen LogP contribution in [-0.2, 0) is 4.79 Å². The zero-order valence-electron chi connectivity index (χ0n) is 13.0.